The lowest BCUT2D eigenvalue weighted by atomic mass is 10.2. The van der Waals surface area contributed by atoms with E-state index in [1.54, 1.807) is 19.5 Å². The van der Waals surface area contributed by atoms with Gasteiger partial charge in [0.1, 0.15) is 5.82 Å². The van der Waals surface area contributed by atoms with Crippen molar-refractivity contribution in [3.05, 3.63) is 23.8 Å². The third-order valence-corrected chi connectivity index (χ3v) is 3.07. The molecule has 0 bridgehead atoms. The Balaban J connectivity index is 1.94. The van der Waals surface area contributed by atoms with E-state index < -0.39 is 0 Å². The molecule has 1 saturated carbocycles. The molecule has 0 spiro atoms. The van der Waals surface area contributed by atoms with E-state index in [1.807, 2.05) is 6.92 Å². The number of nitrogens with one attached hydrogen (secondary N) is 1. The summed E-state index contributed by atoms with van der Waals surface area (Å²) in [5.74, 6) is 1.23. The lowest BCUT2D eigenvalue weighted by Gasteiger charge is -2.15. The van der Waals surface area contributed by atoms with Gasteiger partial charge in [0, 0.05) is 25.4 Å². The van der Waals surface area contributed by atoms with E-state index >= 15 is 0 Å². The first-order valence-corrected chi connectivity index (χ1v) is 6.36. The summed E-state index contributed by atoms with van der Waals surface area (Å²) >= 11 is 0. The van der Waals surface area contributed by atoms with Crippen LogP contribution in [0, 0.1) is 0 Å². The molecule has 1 atom stereocenters. The largest absolute Gasteiger partial charge is 0.383 e. The second-order valence-electron chi connectivity index (χ2n) is 4.64. The van der Waals surface area contributed by atoms with Crippen LogP contribution in [0.3, 0.4) is 0 Å². The summed E-state index contributed by atoms with van der Waals surface area (Å²) in [5.41, 5.74) is 0.508. The summed E-state index contributed by atoms with van der Waals surface area (Å²) in [4.78, 5) is 20.4. The van der Waals surface area contributed by atoms with E-state index in [-0.39, 0.29) is 11.9 Å². The van der Waals surface area contributed by atoms with Gasteiger partial charge >= 0.3 is 0 Å². The Morgan fingerprint density at radius 1 is 1.50 bits per heavy atom. The first-order chi connectivity index (χ1) is 8.74. The topological polar surface area (TPSA) is 64.1 Å². The molecular formula is C13H19N3O2. The van der Waals surface area contributed by atoms with Crippen molar-refractivity contribution in [1.82, 2.24) is 15.3 Å². The Hall–Kier alpha value is -1.49. The highest BCUT2D eigenvalue weighted by Crippen LogP contribution is 2.37. The number of ether oxygens (including phenoxy) is 1. The fourth-order valence-electron chi connectivity index (χ4n) is 1.74. The third kappa shape index (κ3) is 3.26. The number of amides is 1. The molecule has 0 unspecified atom stereocenters. The molecule has 0 saturated heterocycles. The second-order valence-corrected chi connectivity index (χ2v) is 4.64. The molecule has 0 aliphatic heterocycles. The highest BCUT2D eigenvalue weighted by Gasteiger charge is 2.26. The molecule has 1 aliphatic carbocycles. The van der Waals surface area contributed by atoms with Gasteiger partial charge in [0.25, 0.3) is 5.91 Å². The van der Waals surface area contributed by atoms with Crippen LogP contribution >= 0.6 is 0 Å². The predicted molar refractivity (Wildman–Crippen MR) is 67.4 cm³/mol. The Morgan fingerprint density at radius 2 is 2.17 bits per heavy atom. The number of nitrogens with zero attached hydrogens (tertiary/aromatic N) is 2. The van der Waals surface area contributed by atoms with Crippen LogP contribution in [-0.4, -0.2) is 35.6 Å². The van der Waals surface area contributed by atoms with Gasteiger partial charge in [0.2, 0.25) is 0 Å². The van der Waals surface area contributed by atoms with Crippen LogP contribution in [0.2, 0.25) is 0 Å². The summed E-state index contributed by atoms with van der Waals surface area (Å²) in [7, 11) is 1.63. The summed E-state index contributed by atoms with van der Waals surface area (Å²) in [6, 6.07) is 0.0330. The van der Waals surface area contributed by atoms with E-state index in [2.05, 4.69) is 15.3 Å². The fourth-order valence-corrected chi connectivity index (χ4v) is 1.74. The minimum Gasteiger partial charge on any atom is -0.383 e. The van der Waals surface area contributed by atoms with E-state index in [0.717, 1.165) is 25.1 Å². The van der Waals surface area contributed by atoms with Gasteiger partial charge in [-0.15, -0.1) is 0 Å². The average Bonchev–Trinajstić information content (AvgIpc) is 3.22. The van der Waals surface area contributed by atoms with Crippen molar-refractivity contribution in [1.29, 1.82) is 0 Å². The number of aromatic nitrogens is 2. The summed E-state index contributed by atoms with van der Waals surface area (Å²) in [6.07, 6.45) is 6.38. The van der Waals surface area contributed by atoms with Crippen LogP contribution in [0.25, 0.3) is 0 Å². The monoisotopic (exact) mass is 249 g/mol. The molecule has 2 rings (SSSR count). The van der Waals surface area contributed by atoms with Crippen LogP contribution in [0.4, 0.5) is 0 Å². The van der Waals surface area contributed by atoms with Gasteiger partial charge in [-0.3, -0.25) is 4.79 Å². The SMILES string of the molecule is CC[C@@H](COC)NC(=O)c1cnc(C2CC2)nc1. The Labute approximate surface area is 107 Å². The normalized spacial score (nSPS) is 16.3. The number of methoxy groups -OCH3 is 1. The molecule has 18 heavy (non-hydrogen) atoms. The van der Waals surface area contributed by atoms with Gasteiger partial charge in [-0.1, -0.05) is 6.92 Å². The number of carbonyl (C=O) groups is 1. The van der Waals surface area contributed by atoms with Crippen molar-refractivity contribution in [3.8, 4) is 0 Å². The summed E-state index contributed by atoms with van der Waals surface area (Å²) in [5, 5.41) is 2.90. The standard InChI is InChI=1S/C13H19N3O2/c1-3-11(8-18-2)16-13(17)10-6-14-12(15-7-10)9-4-5-9/h6-7,9,11H,3-5,8H2,1-2H3,(H,16,17)/t11-/m0/s1. The van der Waals surface area contributed by atoms with Gasteiger partial charge < -0.3 is 10.1 Å². The number of carbonyl (C=O) groups excluding carboxylic acids is 1. The van der Waals surface area contributed by atoms with Gasteiger partial charge in [0.05, 0.1) is 18.2 Å². The van der Waals surface area contributed by atoms with Crippen molar-refractivity contribution < 1.29 is 9.53 Å². The maximum atomic E-state index is 11.9. The van der Waals surface area contributed by atoms with Gasteiger partial charge in [-0.25, -0.2) is 9.97 Å². The van der Waals surface area contributed by atoms with Crippen LogP contribution in [0.15, 0.2) is 12.4 Å². The molecule has 1 N–H and O–H groups in total. The van der Waals surface area contributed by atoms with Crippen molar-refractivity contribution in [2.24, 2.45) is 0 Å². The van der Waals surface area contributed by atoms with E-state index in [0.29, 0.717) is 18.1 Å². The highest BCUT2D eigenvalue weighted by molar-refractivity contribution is 5.93. The molecule has 1 aliphatic rings. The van der Waals surface area contributed by atoms with Crippen LogP contribution < -0.4 is 5.32 Å². The quantitative estimate of drug-likeness (QED) is 0.830. The van der Waals surface area contributed by atoms with E-state index in [4.69, 9.17) is 4.74 Å². The first kappa shape index (κ1) is 13.0. The van der Waals surface area contributed by atoms with Crippen LogP contribution in [0.5, 0.6) is 0 Å². The minimum absolute atomic E-state index is 0.0330. The zero-order valence-electron chi connectivity index (χ0n) is 10.8. The maximum absolute atomic E-state index is 11.9. The molecule has 0 radical (unpaired) electrons. The van der Waals surface area contributed by atoms with E-state index in [1.165, 1.54) is 0 Å². The van der Waals surface area contributed by atoms with E-state index in [9.17, 15) is 4.79 Å². The Morgan fingerprint density at radius 3 is 2.67 bits per heavy atom. The Bertz CT molecular complexity index is 401. The molecule has 1 aromatic heterocycles. The number of hydrogen-bond acceptors (Lipinski definition) is 4. The van der Waals surface area contributed by atoms with Crippen molar-refractivity contribution in [2.45, 2.75) is 38.1 Å². The molecule has 98 valence electrons. The third-order valence-electron chi connectivity index (χ3n) is 3.07. The van der Waals surface area contributed by atoms with Crippen LogP contribution in [0.1, 0.15) is 48.3 Å². The summed E-state index contributed by atoms with van der Waals surface area (Å²) < 4.78 is 5.04. The second kappa shape index (κ2) is 5.91. The smallest absolute Gasteiger partial charge is 0.254 e. The summed E-state index contributed by atoms with van der Waals surface area (Å²) in [6.45, 7) is 2.53. The number of hydrogen-bond donors (Lipinski definition) is 1. The van der Waals surface area contributed by atoms with Gasteiger partial charge in [0.15, 0.2) is 0 Å². The minimum atomic E-state index is -0.138. The number of rotatable bonds is 6. The molecular weight excluding hydrogens is 230 g/mol. The maximum Gasteiger partial charge on any atom is 0.254 e. The molecule has 1 aromatic rings. The zero-order valence-corrected chi connectivity index (χ0v) is 10.8. The lowest BCUT2D eigenvalue weighted by Crippen LogP contribution is -2.37. The van der Waals surface area contributed by atoms with Crippen molar-refractivity contribution in [2.75, 3.05) is 13.7 Å². The van der Waals surface area contributed by atoms with Gasteiger partial charge in [-0.2, -0.15) is 0 Å². The molecule has 1 heterocycles. The molecule has 5 heteroatoms. The first-order valence-electron chi connectivity index (χ1n) is 6.36. The average molecular weight is 249 g/mol. The zero-order chi connectivity index (χ0) is 13.0. The Kier molecular flexibility index (Phi) is 4.25. The molecule has 5 nitrogen and oxygen atoms in total. The highest BCUT2D eigenvalue weighted by atomic mass is 16.5. The fraction of sp³-hybridized carbons (Fsp3) is 0.615. The molecule has 1 amide bonds. The van der Waals surface area contributed by atoms with Gasteiger partial charge in [-0.05, 0) is 19.3 Å². The predicted octanol–water partition coefficient (Wildman–Crippen LogP) is 1.51. The lowest BCUT2D eigenvalue weighted by molar-refractivity contribution is 0.0894. The van der Waals surface area contributed by atoms with Crippen molar-refractivity contribution in [3.63, 3.8) is 0 Å². The van der Waals surface area contributed by atoms with Crippen LogP contribution in [-0.2, 0) is 4.74 Å². The molecule has 0 aromatic carbocycles. The molecule has 1 fully saturated rings. The van der Waals surface area contributed by atoms with Crippen molar-refractivity contribution >= 4 is 5.91 Å².